The van der Waals surface area contributed by atoms with Gasteiger partial charge in [-0.3, -0.25) is 9.36 Å². The van der Waals surface area contributed by atoms with Crippen LogP contribution in [0.15, 0.2) is 35.1 Å². The van der Waals surface area contributed by atoms with Gasteiger partial charge in [0.25, 0.3) is 0 Å². The van der Waals surface area contributed by atoms with Crippen molar-refractivity contribution in [3.05, 3.63) is 52.2 Å². The maximum atomic E-state index is 12.6. The monoisotopic (exact) mass is 357 g/mol. The summed E-state index contributed by atoms with van der Waals surface area (Å²) in [4.78, 5) is 27.1. The van der Waals surface area contributed by atoms with Crippen molar-refractivity contribution in [3.63, 3.8) is 0 Å². The van der Waals surface area contributed by atoms with Crippen molar-refractivity contribution in [2.75, 3.05) is 20.6 Å². The number of nitrogens with zero attached hydrogens (tertiary/aromatic N) is 4. The highest BCUT2D eigenvalue weighted by Crippen LogP contribution is 2.13. The van der Waals surface area contributed by atoms with Crippen LogP contribution in [0.4, 0.5) is 0 Å². The van der Waals surface area contributed by atoms with Crippen LogP contribution in [0.1, 0.15) is 36.7 Å². The van der Waals surface area contributed by atoms with Gasteiger partial charge in [0.05, 0.1) is 6.04 Å². The molecule has 2 heterocycles. The van der Waals surface area contributed by atoms with E-state index in [-0.39, 0.29) is 24.2 Å². The lowest BCUT2D eigenvalue weighted by molar-refractivity contribution is -0.122. The first-order valence-electron chi connectivity index (χ1n) is 9.20. The number of nitrogens with one attached hydrogen (secondary N) is 1. The number of hydrogen-bond donors (Lipinski definition) is 1. The Morgan fingerprint density at radius 1 is 1.23 bits per heavy atom. The van der Waals surface area contributed by atoms with Crippen LogP contribution < -0.4 is 11.0 Å². The van der Waals surface area contributed by atoms with Crippen LogP contribution in [-0.4, -0.2) is 45.8 Å². The number of amides is 1. The number of likely N-dealkylation sites (N-methyl/N-ethyl adjacent to an activating group) is 1. The average Bonchev–Trinajstić information content (AvgIpc) is 2.78. The SMILES string of the molecule is CN(C)CC(NC(=O)Cn1nc2n(c1=O)CCCCC2)c1ccccc1. The number of benzene rings is 1. The molecule has 1 aliphatic heterocycles. The summed E-state index contributed by atoms with van der Waals surface area (Å²) in [7, 11) is 3.94. The van der Waals surface area contributed by atoms with Crippen LogP contribution in [0.25, 0.3) is 0 Å². The van der Waals surface area contributed by atoms with E-state index in [1.165, 1.54) is 4.68 Å². The van der Waals surface area contributed by atoms with Gasteiger partial charge in [-0.1, -0.05) is 36.8 Å². The molecular weight excluding hydrogens is 330 g/mol. The van der Waals surface area contributed by atoms with Crippen LogP contribution in [0.5, 0.6) is 0 Å². The zero-order valence-corrected chi connectivity index (χ0v) is 15.5. The molecule has 0 bridgehead atoms. The summed E-state index contributed by atoms with van der Waals surface area (Å²) in [5.74, 6) is 0.601. The maximum Gasteiger partial charge on any atom is 0.346 e. The van der Waals surface area contributed by atoms with E-state index in [2.05, 4.69) is 10.4 Å². The number of carbonyl (C=O) groups is 1. The van der Waals surface area contributed by atoms with Crippen LogP contribution in [-0.2, 0) is 24.3 Å². The summed E-state index contributed by atoms with van der Waals surface area (Å²) in [6.45, 7) is 1.34. The summed E-state index contributed by atoms with van der Waals surface area (Å²) in [6, 6.07) is 9.74. The molecule has 26 heavy (non-hydrogen) atoms. The molecule has 0 aliphatic carbocycles. The molecule has 0 saturated heterocycles. The normalized spacial score (nSPS) is 15.3. The maximum absolute atomic E-state index is 12.6. The van der Waals surface area contributed by atoms with Gasteiger partial charge in [-0.2, -0.15) is 5.10 Å². The largest absolute Gasteiger partial charge is 0.346 e. The predicted molar refractivity (Wildman–Crippen MR) is 99.9 cm³/mol. The standard InChI is InChI=1S/C19H27N5O2/c1-22(2)13-16(15-9-5-3-6-10-15)20-18(25)14-24-19(26)23-12-8-4-7-11-17(23)21-24/h3,5-6,9-10,16H,4,7-8,11-14H2,1-2H3,(H,20,25). The van der Waals surface area contributed by atoms with Crippen molar-refractivity contribution >= 4 is 5.91 Å². The second kappa shape index (κ2) is 8.31. The topological polar surface area (TPSA) is 72.2 Å². The van der Waals surface area contributed by atoms with Gasteiger partial charge in [0.1, 0.15) is 12.4 Å². The minimum Gasteiger partial charge on any atom is -0.346 e. The Balaban J connectivity index is 1.72. The number of fused-ring (bicyclic) bond motifs is 1. The molecule has 140 valence electrons. The third-order valence-corrected chi connectivity index (χ3v) is 4.66. The Morgan fingerprint density at radius 3 is 2.73 bits per heavy atom. The molecule has 1 aromatic heterocycles. The number of rotatable bonds is 6. The smallest absolute Gasteiger partial charge is 0.346 e. The van der Waals surface area contributed by atoms with Crippen LogP contribution in [0.2, 0.25) is 0 Å². The van der Waals surface area contributed by atoms with Gasteiger partial charge in [-0.15, -0.1) is 0 Å². The highest BCUT2D eigenvalue weighted by molar-refractivity contribution is 5.76. The molecule has 2 aromatic rings. The van der Waals surface area contributed by atoms with Gasteiger partial charge in [0.15, 0.2) is 0 Å². The Morgan fingerprint density at radius 2 is 2.00 bits per heavy atom. The summed E-state index contributed by atoms with van der Waals surface area (Å²) >= 11 is 0. The first kappa shape index (κ1) is 18.4. The Kier molecular flexibility index (Phi) is 5.88. The summed E-state index contributed by atoms with van der Waals surface area (Å²) in [6.07, 6.45) is 3.95. The lowest BCUT2D eigenvalue weighted by atomic mass is 10.1. The first-order valence-corrected chi connectivity index (χ1v) is 9.20. The van der Waals surface area contributed by atoms with E-state index >= 15 is 0 Å². The van der Waals surface area contributed by atoms with E-state index in [4.69, 9.17) is 0 Å². The van der Waals surface area contributed by atoms with Crippen molar-refractivity contribution in [2.45, 2.75) is 44.8 Å². The second-order valence-electron chi connectivity index (χ2n) is 7.11. The third kappa shape index (κ3) is 4.40. The lowest BCUT2D eigenvalue weighted by Gasteiger charge is -2.22. The van der Waals surface area contributed by atoms with Crippen molar-refractivity contribution in [1.82, 2.24) is 24.6 Å². The highest BCUT2D eigenvalue weighted by atomic mass is 16.2. The lowest BCUT2D eigenvalue weighted by Crippen LogP contribution is -2.39. The van der Waals surface area contributed by atoms with Crippen LogP contribution in [0.3, 0.4) is 0 Å². The minimum absolute atomic E-state index is 0.0460. The third-order valence-electron chi connectivity index (χ3n) is 4.66. The second-order valence-corrected chi connectivity index (χ2v) is 7.11. The molecular formula is C19H27N5O2. The molecule has 7 nitrogen and oxygen atoms in total. The summed E-state index contributed by atoms with van der Waals surface area (Å²) in [5, 5.41) is 7.43. The fourth-order valence-electron chi connectivity index (χ4n) is 3.39. The number of aryl methyl sites for hydroxylation is 1. The van der Waals surface area contributed by atoms with Gasteiger partial charge < -0.3 is 10.2 Å². The van der Waals surface area contributed by atoms with Crippen molar-refractivity contribution < 1.29 is 4.79 Å². The Hall–Kier alpha value is -2.41. The van der Waals surface area contributed by atoms with E-state index in [1.807, 2.05) is 49.3 Å². The van der Waals surface area contributed by atoms with Crippen molar-refractivity contribution in [2.24, 2.45) is 0 Å². The van der Waals surface area contributed by atoms with Gasteiger partial charge in [-0.25, -0.2) is 9.48 Å². The molecule has 1 N–H and O–H groups in total. The first-order chi connectivity index (χ1) is 12.5. The summed E-state index contributed by atoms with van der Waals surface area (Å²) in [5.41, 5.74) is 0.864. The summed E-state index contributed by atoms with van der Waals surface area (Å²) < 4.78 is 3.02. The molecule has 3 rings (SSSR count). The van der Waals surface area contributed by atoms with E-state index in [0.29, 0.717) is 13.1 Å². The van der Waals surface area contributed by atoms with E-state index in [9.17, 15) is 9.59 Å². The van der Waals surface area contributed by atoms with Crippen molar-refractivity contribution in [1.29, 1.82) is 0 Å². The quantitative estimate of drug-likeness (QED) is 0.843. The van der Waals surface area contributed by atoms with Crippen LogP contribution in [0, 0.1) is 0 Å². The highest BCUT2D eigenvalue weighted by Gasteiger charge is 2.20. The Bertz CT molecular complexity index is 794. The predicted octanol–water partition coefficient (Wildman–Crippen LogP) is 1.19. The van der Waals surface area contributed by atoms with E-state index in [0.717, 1.165) is 37.1 Å². The van der Waals surface area contributed by atoms with Gasteiger partial charge in [0.2, 0.25) is 5.91 Å². The molecule has 1 unspecified atom stereocenters. The number of hydrogen-bond acceptors (Lipinski definition) is 4. The number of aromatic nitrogens is 3. The molecule has 7 heteroatoms. The fourth-order valence-corrected chi connectivity index (χ4v) is 3.39. The molecule has 1 aromatic carbocycles. The molecule has 1 aliphatic rings. The molecule has 0 spiro atoms. The van der Waals surface area contributed by atoms with E-state index < -0.39 is 0 Å². The molecule has 0 radical (unpaired) electrons. The zero-order valence-electron chi connectivity index (χ0n) is 15.5. The van der Waals surface area contributed by atoms with Crippen molar-refractivity contribution in [3.8, 4) is 0 Å². The average molecular weight is 357 g/mol. The van der Waals surface area contributed by atoms with Gasteiger partial charge >= 0.3 is 5.69 Å². The molecule has 1 atom stereocenters. The van der Waals surface area contributed by atoms with Crippen LogP contribution >= 0.6 is 0 Å². The van der Waals surface area contributed by atoms with Gasteiger partial charge in [0, 0.05) is 19.5 Å². The Labute approximate surface area is 153 Å². The van der Waals surface area contributed by atoms with Gasteiger partial charge in [-0.05, 0) is 32.5 Å². The zero-order chi connectivity index (χ0) is 18.5. The number of carbonyl (C=O) groups excluding carboxylic acids is 1. The minimum atomic E-state index is -0.198. The fraction of sp³-hybridized carbons (Fsp3) is 0.526. The molecule has 1 amide bonds. The molecule has 0 fully saturated rings. The van der Waals surface area contributed by atoms with E-state index in [1.54, 1.807) is 4.57 Å². The molecule has 0 saturated carbocycles.